The largest absolute Gasteiger partial charge is 0.492 e. The number of nitrogens with zero attached hydrogens (tertiary/aromatic N) is 1. The fourth-order valence-electron chi connectivity index (χ4n) is 3.24. The SMILES string of the molecule is Cc1ccc2c(c1)C(=O)C(/C=C1/C(=O)NC(=S)N(c3ccc(Cl)cc3)C1=O)CO2. The molecule has 1 atom stereocenters. The zero-order valence-corrected chi connectivity index (χ0v) is 16.8. The minimum absolute atomic E-state index is 0.0355. The van der Waals surface area contributed by atoms with Crippen molar-refractivity contribution >= 4 is 52.2 Å². The number of carbonyl (C=O) groups excluding carboxylic acids is 3. The molecule has 146 valence electrons. The lowest BCUT2D eigenvalue weighted by Gasteiger charge is -2.30. The van der Waals surface area contributed by atoms with Gasteiger partial charge < -0.3 is 4.74 Å². The molecule has 1 fully saturated rings. The average molecular weight is 427 g/mol. The van der Waals surface area contributed by atoms with Crippen LogP contribution in [0.15, 0.2) is 54.1 Å². The second-order valence-corrected chi connectivity index (χ2v) is 7.56. The summed E-state index contributed by atoms with van der Waals surface area (Å²) < 4.78 is 5.66. The maximum absolute atomic E-state index is 13.0. The molecule has 0 aromatic heterocycles. The van der Waals surface area contributed by atoms with E-state index < -0.39 is 17.7 Å². The number of rotatable bonds is 2. The third-order valence-electron chi connectivity index (χ3n) is 4.71. The first kappa shape index (κ1) is 19.3. The van der Waals surface area contributed by atoms with Gasteiger partial charge in [-0.2, -0.15) is 0 Å². The number of hydrogen-bond acceptors (Lipinski definition) is 5. The number of hydrogen-bond donors (Lipinski definition) is 1. The maximum atomic E-state index is 13.0. The third kappa shape index (κ3) is 3.54. The van der Waals surface area contributed by atoms with Gasteiger partial charge in [0.05, 0.1) is 17.2 Å². The quantitative estimate of drug-likeness (QED) is 0.453. The predicted molar refractivity (Wildman–Crippen MR) is 112 cm³/mol. The van der Waals surface area contributed by atoms with Gasteiger partial charge in [-0.05, 0) is 55.5 Å². The van der Waals surface area contributed by atoms with Gasteiger partial charge in [0, 0.05) is 5.02 Å². The van der Waals surface area contributed by atoms with Crippen molar-refractivity contribution in [3.8, 4) is 5.75 Å². The van der Waals surface area contributed by atoms with Gasteiger partial charge in [0.2, 0.25) is 0 Å². The molecule has 1 unspecified atom stereocenters. The first-order valence-electron chi connectivity index (χ1n) is 8.80. The number of thiocarbonyl (C=S) groups is 1. The molecule has 2 aromatic carbocycles. The summed E-state index contributed by atoms with van der Waals surface area (Å²) in [6.45, 7) is 1.92. The second-order valence-electron chi connectivity index (χ2n) is 6.74. The van der Waals surface area contributed by atoms with Crippen molar-refractivity contribution < 1.29 is 19.1 Å². The molecule has 8 heteroatoms. The molecule has 2 amide bonds. The van der Waals surface area contributed by atoms with Gasteiger partial charge in [-0.1, -0.05) is 29.3 Å². The van der Waals surface area contributed by atoms with E-state index in [1.807, 2.05) is 13.0 Å². The number of carbonyl (C=O) groups is 3. The Hall–Kier alpha value is -3.03. The Kier molecular flexibility index (Phi) is 4.94. The highest BCUT2D eigenvalue weighted by atomic mass is 35.5. The van der Waals surface area contributed by atoms with Crippen molar-refractivity contribution in [2.24, 2.45) is 5.92 Å². The molecule has 2 aliphatic heterocycles. The Morgan fingerprint density at radius 2 is 1.90 bits per heavy atom. The smallest absolute Gasteiger partial charge is 0.269 e. The van der Waals surface area contributed by atoms with Crippen LogP contribution < -0.4 is 15.0 Å². The van der Waals surface area contributed by atoms with Gasteiger partial charge in [0.15, 0.2) is 10.9 Å². The molecule has 0 spiro atoms. The molecule has 1 saturated heterocycles. The van der Waals surface area contributed by atoms with Gasteiger partial charge >= 0.3 is 0 Å². The fraction of sp³-hybridized carbons (Fsp3) is 0.143. The van der Waals surface area contributed by atoms with Crippen LogP contribution in [0.1, 0.15) is 15.9 Å². The van der Waals surface area contributed by atoms with Gasteiger partial charge in [-0.25, -0.2) is 0 Å². The van der Waals surface area contributed by atoms with Crippen LogP contribution in [0.5, 0.6) is 5.75 Å². The average Bonchev–Trinajstić information content (AvgIpc) is 2.68. The number of ketones is 1. The highest BCUT2D eigenvalue weighted by molar-refractivity contribution is 7.80. The molecule has 2 aliphatic rings. The number of fused-ring (bicyclic) bond motifs is 1. The van der Waals surface area contributed by atoms with Crippen molar-refractivity contribution in [1.82, 2.24) is 5.32 Å². The van der Waals surface area contributed by atoms with E-state index in [9.17, 15) is 14.4 Å². The fourth-order valence-corrected chi connectivity index (χ4v) is 3.65. The monoisotopic (exact) mass is 426 g/mol. The third-order valence-corrected chi connectivity index (χ3v) is 5.25. The number of anilines is 1. The van der Waals surface area contributed by atoms with Crippen molar-refractivity contribution in [1.29, 1.82) is 0 Å². The predicted octanol–water partition coefficient (Wildman–Crippen LogP) is 3.21. The normalized spacial score (nSPS) is 20.4. The van der Waals surface area contributed by atoms with E-state index in [4.69, 9.17) is 28.6 Å². The lowest BCUT2D eigenvalue weighted by atomic mass is 9.91. The molecular weight excluding hydrogens is 412 g/mol. The van der Waals surface area contributed by atoms with Crippen molar-refractivity contribution in [3.05, 3.63) is 70.3 Å². The first-order valence-corrected chi connectivity index (χ1v) is 9.58. The van der Waals surface area contributed by atoms with Crippen LogP contribution in [0, 0.1) is 12.8 Å². The van der Waals surface area contributed by atoms with Crippen molar-refractivity contribution in [2.75, 3.05) is 11.5 Å². The standard InChI is InChI=1S/C21H15ClN2O4S/c1-11-2-7-17-15(8-11)18(25)12(10-28-17)9-16-19(26)23-21(29)24(20(16)27)14-5-3-13(22)4-6-14/h2-9,12H,10H2,1H3,(H,23,26,29)/b16-9-. The molecule has 29 heavy (non-hydrogen) atoms. The Bertz CT molecular complexity index is 1090. The molecule has 0 radical (unpaired) electrons. The number of benzene rings is 2. The number of aryl methyl sites for hydroxylation is 1. The van der Waals surface area contributed by atoms with Gasteiger partial charge in [0.1, 0.15) is 17.9 Å². The van der Waals surface area contributed by atoms with Gasteiger partial charge in [0.25, 0.3) is 11.8 Å². The number of nitrogens with one attached hydrogen (secondary N) is 1. The van der Waals surface area contributed by atoms with Crippen LogP contribution in [0.2, 0.25) is 5.02 Å². The summed E-state index contributed by atoms with van der Waals surface area (Å²) in [6.07, 6.45) is 1.36. The minimum Gasteiger partial charge on any atom is -0.492 e. The Labute approximate surface area is 177 Å². The lowest BCUT2D eigenvalue weighted by Crippen LogP contribution is -2.54. The van der Waals surface area contributed by atoms with Crippen molar-refractivity contribution in [3.63, 3.8) is 0 Å². The maximum Gasteiger partial charge on any atom is 0.269 e. The van der Waals surface area contributed by atoms with Crippen LogP contribution in [-0.4, -0.2) is 29.3 Å². The van der Waals surface area contributed by atoms with Crippen LogP contribution in [0.3, 0.4) is 0 Å². The zero-order chi connectivity index (χ0) is 20.7. The van der Waals surface area contributed by atoms with Crippen LogP contribution >= 0.6 is 23.8 Å². The van der Waals surface area contributed by atoms with Gasteiger partial charge in [-0.15, -0.1) is 0 Å². The molecule has 4 rings (SSSR count). The highest BCUT2D eigenvalue weighted by Crippen LogP contribution is 2.30. The van der Waals surface area contributed by atoms with E-state index in [1.54, 1.807) is 36.4 Å². The zero-order valence-electron chi connectivity index (χ0n) is 15.3. The summed E-state index contributed by atoms with van der Waals surface area (Å²) in [5.74, 6) is -1.71. The first-order chi connectivity index (χ1) is 13.8. The number of halogens is 1. The lowest BCUT2D eigenvalue weighted by molar-refractivity contribution is -0.122. The summed E-state index contributed by atoms with van der Waals surface area (Å²) in [4.78, 5) is 39.6. The molecule has 1 N–H and O–H groups in total. The molecule has 2 heterocycles. The summed E-state index contributed by atoms with van der Waals surface area (Å²) in [5, 5.41) is 2.97. The Balaban J connectivity index is 1.68. The van der Waals surface area contributed by atoms with Crippen LogP contribution in [0.4, 0.5) is 5.69 Å². The van der Waals surface area contributed by atoms with Crippen LogP contribution in [0.25, 0.3) is 0 Å². The van der Waals surface area contributed by atoms with E-state index in [-0.39, 0.29) is 23.1 Å². The molecule has 0 bridgehead atoms. The molecule has 6 nitrogen and oxygen atoms in total. The van der Waals surface area contributed by atoms with Gasteiger partial charge in [-0.3, -0.25) is 24.6 Å². The Morgan fingerprint density at radius 1 is 1.17 bits per heavy atom. The minimum atomic E-state index is -0.757. The summed E-state index contributed by atoms with van der Waals surface area (Å²) in [5.41, 5.74) is 1.65. The highest BCUT2D eigenvalue weighted by Gasteiger charge is 2.37. The van der Waals surface area contributed by atoms with E-state index in [2.05, 4.69) is 5.32 Å². The molecule has 0 aliphatic carbocycles. The van der Waals surface area contributed by atoms with Crippen LogP contribution in [-0.2, 0) is 9.59 Å². The van der Waals surface area contributed by atoms with E-state index in [1.165, 1.54) is 11.0 Å². The summed E-state index contributed by atoms with van der Waals surface area (Å²) >= 11 is 11.1. The van der Waals surface area contributed by atoms with E-state index in [0.717, 1.165) is 5.56 Å². The summed E-state index contributed by atoms with van der Waals surface area (Å²) in [6, 6.07) is 11.8. The van der Waals surface area contributed by atoms with E-state index >= 15 is 0 Å². The number of ether oxygens (including phenoxy) is 1. The number of amides is 2. The summed E-state index contributed by atoms with van der Waals surface area (Å²) in [7, 11) is 0. The number of Topliss-reactive ketones (excluding diaryl/α,β-unsaturated/α-hetero) is 1. The molecule has 2 aromatic rings. The second kappa shape index (κ2) is 7.42. The van der Waals surface area contributed by atoms with Crippen molar-refractivity contribution in [2.45, 2.75) is 6.92 Å². The molecular formula is C21H15ClN2O4S. The van der Waals surface area contributed by atoms with E-state index in [0.29, 0.717) is 22.0 Å². The topological polar surface area (TPSA) is 75.7 Å². The molecule has 0 saturated carbocycles. The Morgan fingerprint density at radius 3 is 2.62 bits per heavy atom.